The van der Waals surface area contributed by atoms with Crippen molar-refractivity contribution in [1.82, 2.24) is 9.55 Å². The Morgan fingerprint density at radius 1 is 1.05 bits per heavy atom. The Hall–Kier alpha value is -2.69. The van der Waals surface area contributed by atoms with E-state index in [-0.39, 0.29) is 0 Å². The molecule has 0 aliphatic carbocycles. The first-order valence-corrected chi connectivity index (χ1v) is 6.61. The van der Waals surface area contributed by atoms with Crippen LogP contribution in [0.2, 0.25) is 0 Å². The van der Waals surface area contributed by atoms with E-state index in [1.807, 2.05) is 47.9 Å². The van der Waals surface area contributed by atoms with E-state index in [0.29, 0.717) is 17.4 Å². The van der Waals surface area contributed by atoms with Crippen molar-refractivity contribution in [2.45, 2.75) is 6.92 Å². The Labute approximate surface area is 122 Å². The predicted molar refractivity (Wildman–Crippen MR) is 83.3 cm³/mol. The molecule has 3 rings (SSSR count). The van der Waals surface area contributed by atoms with Gasteiger partial charge in [-0.15, -0.1) is 0 Å². The molecule has 3 aromatic rings. The number of methoxy groups -OCH3 is 2. The minimum absolute atomic E-state index is 0.439. The molecule has 0 fully saturated rings. The Kier molecular flexibility index (Phi) is 3.17. The normalized spacial score (nSPS) is 10.8. The molecular weight excluding hydrogens is 266 g/mol. The maximum Gasteiger partial charge on any atom is 0.205 e. The van der Waals surface area contributed by atoms with Crippen molar-refractivity contribution < 1.29 is 9.47 Å². The van der Waals surface area contributed by atoms with Gasteiger partial charge in [0.25, 0.3) is 0 Å². The van der Waals surface area contributed by atoms with Gasteiger partial charge < -0.3 is 15.2 Å². The molecule has 5 heteroatoms. The second kappa shape index (κ2) is 5.01. The highest BCUT2D eigenvalue weighted by atomic mass is 16.5. The molecule has 0 aliphatic rings. The van der Waals surface area contributed by atoms with Crippen LogP contribution in [-0.4, -0.2) is 23.8 Å². The van der Waals surface area contributed by atoms with E-state index in [2.05, 4.69) is 4.98 Å². The highest BCUT2D eigenvalue weighted by molar-refractivity contribution is 5.84. The van der Waals surface area contributed by atoms with Crippen molar-refractivity contribution in [2.75, 3.05) is 20.0 Å². The molecule has 0 amide bonds. The van der Waals surface area contributed by atoms with Crippen molar-refractivity contribution in [3.8, 4) is 17.2 Å². The molecule has 0 radical (unpaired) electrons. The zero-order valence-corrected chi connectivity index (χ0v) is 12.3. The second-order valence-corrected chi connectivity index (χ2v) is 4.79. The van der Waals surface area contributed by atoms with Crippen LogP contribution in [0.5, 0.6) is 11.5 Å². The summed E-state index contributed by atoms with van der Waals surface area (Å²) in [4.78, 5) is 4.42. The summed E-state index contributed by atoms with van der Waals surface area (Å²) in [7, 11) is 3.22. The van der Waals surface area contributed by atoms with Crippen molar-refractivity contribution >= 4 is 17.0 Å². The number of rotatable bonds is 3. The lowest BCUT2D eigenvalue weighted by molar-refractivity contribution is 0.355. The number of anilines is 1. The van der Waals surface area contributed by atoms with Gasteiger partial charge in [-0.05, 0) is 18.6 Å². The van der Waals surface area contributed by atoms with Crippen LogP contribution in [0, 0.1) is 6.92 Å². The number of aryl methyl sites for hydroxylation is 1. The van der Waals surface area contributed by atoms with Crippen LogP contribution < -0.4 is 15.2 Å². The van der Waals surface area contributed by atoms with Gasteiger partial charge in [0.05, 0.1) is 30.9 Å². The van der Waals surface area contributed by atoms with Gasteiger partial charge in [0.2, 0.25) is 5.95 Å². The molecule has 1 heterocycles. The minimum atomic E-state index is 0.439. The van der Waals surface area contributed by atoms with Crippen LogP contribution in [0.3, 0.4) is 0 Å². The number of nitrogens with zero attached hydrogens (tertiary/aromatic N) is 2. The molecule has 0 spiro atoms. The molecule has 0 aliphatic heterocycles. The summed E-state index contributed by atoms with van der Waals surface area (Å²) in [5, 5.41) is 0. The van der Waals surface area contributed by atoms with Crippen LogP contribution in [0.1, 0.15) is 5.56 Å². The molecule has 0 saturated heterocycles. The molecule has 5 nitrogen and oxygen atoms in total. The molecule has 0 bridgehead atoms. The number of hydrogen-bond acceptors (Lipinski definition) is 4. The fraction of sp³-hybridized carbons (Fsp3) is 0.188. The van der Waals surface area contributed by atoms with Crippen LogP contribution in [0.25, 0.3) is 16.7 Å². The van der Waals surface area contributed by atoms with Gasteiger partial charge in [0.1, 0.15) is 0 Å². The average Bonchev–Trinajstić information content (AvgIpc) is 2.81. The van der Waals surface area contributed by atoms with Crippen molar-refractivity contribution in [3.63, 3.8) is 0 Å². The summed E-state index contributed by atoms with van der Waals surface area (Å²) < 4.78 is 12.6. The molecule has 0 unspecified atom stereocenters. The summed E-state index contributed by atoms with van der Waals surface area (Å²) in [5.74, 6) is 1.73. The van der Waals surface area contributed by atoms with Crippen molar-refractivity contribution in [3.05, 3.63) is 42.0 Å². The van der Waals surface area contributed by atoms with E-state index in [4.69, 9.17) is 15.2 Å². The number of aromatic nitrogens is 2. The first-order valence-electron chi connectivity index (χ1n) is 6.61. The van der Waals surface area contributed by atoms with Gasteiger partial charge in [-0.1, -0.05) is 18.2 Å². The topological polar surface area (TPSA) is 62.3 Å². The number of ether oxygens (including phenoxy) is 2. The lowest BCUT2D eigenvalue weighted by atomic mass is 10.2. The summed E-state index contributed by atoms with van der Waals surface area (Å²) in [6.07, 6.45) is 0. The molecule has 108 valence electrons. The van der Waals surface area contributed by atoms with Crippen molar-refractivity contribution in [1.29, 1.82) is 0 Å². The van der Waals surface area contributed by atoms with Crippen LogP contribution in [-0.2, 0) is 0 Å². The van der Waals surface area contributed by atoms with Gasteiger partial charge in [-0.25, -0.2) is 4.98 Å². The second-order valence-electron chi connectivity index (χ2n) is 4.79. The van der Waals surface area contributed by atoms with E-state index in [9.17, 15) is 0 Å². The first-order chi connectivity index (χ1) is 10.2. The maximum atomic E-state index is 6.11. The third kappa shape index (κ3) is 2.07. The molecular formula is C16H17N3O2. The number of nitrogen functional groups attached to an aromatic ring is 1. The average molecular weight is 283 g/mol. The summed E-state index contributed by atoms with van der Waals surface area (Å²) in [5.41, 5.74) is 9.90. The molecule has 2 N–H and O–H groups in total. The smallest absolute Gasteiger partial charge is 0.205 e. The number of fused-ring (bicyclic) bond motifs is 1. The molecule has 1 aromatic heterocycles. The van der Waals surface area contributed by atoms with E-state index in [0.717, 1.165) is 22.3 Å². The van der Waals surface area contributed by atoms with E-state index >= 15 is 0 Å². The monoisotopic (exact) mass is 283 g/mol. The largest absolute Gasteiger partial charge is 0.493 e. The van der Waals surface area contributed by atoms with E-state index in [1.54, 1.807) is 14.2 Å². The van der Waals surface area contributed by atoms with Gasteiger partial charge in [-0.2, -0.15) is 0 Å². The third-order valence-corrected chi connectivity index (χ3v) is 3.54. The quantitative estimate of drug-likeness (QED) is 0.802. The molecule has 21 heavy (non-hydrogen) atoms. The zero-order valence-electron chi connectivity index (χ0n) is 12.3. The van der Waals surface area contributed by atoms with Gasteiger partial charge in [0, 0.05) is 12.1 Å². The lowest BCUT2D eigenvalue weighted by Gasteiger charge is -2.11. The Morgan fingerprint density at radius 2 is 1.71 bits per heavy atom. The lowest BCUT2D eigenvalue weighted by Crippen LogP contribution is -2.02. The van der Waals surface area contributed by atoms with E-state index in [1.165, 1.54) is 0 Å². The van der Waals surface area contributed by atoms with Gasteiger partial charge in [0.15, 0.2) is 11.5 Å². The van der Waals surface area contributed by atoms with Gasteiger partial charge >= 0.3 is 0 Å². The number of para-hydroxylation sites is 1. The number of benzene rings is 2. The fourth-order valence-electron chi connectivity index (χ4n) is 2.49. The van der Waals surface area contributed by atoms with Crippen LogP contribution >= 0.6 is 0 Å². The van der Waals surface area contributed by atoms with E-state index < -0.39 is 0 Å². The molecule has 0 atom stereocenters. The van der Waals surface area contributed by atoms with Gasteiger partial charge in [-0.3, -0.25) is 4.57 Å². The first kappa shape index (κ1) is 13.3. The highest BCUT2D eigenvalue weighted by Gasteiger charge is 2.15. The van der Waals surface area contributed by atoms with Crippen LogP contribution in [0.15, 0.2) is 36.4 Å². The van der Waals surface area contributed by atoms with Crippen molar-refractivity contribution in [2.24, 2.45) is 0 Å². The van der Waals surface area contributed by atoms with Crippen LogP contribution in [0.4, 0.5) is 5.95 Å². The number of nitrogens with two attached hydrogens (primary N) is 1. The number of hydrogen-bond donors (Lipinski definition) is 1. The summed E-state index contributed by atoms with van der Waals surface area (Å²) >= 11 is 0. The zero-order chi connectivity index (χ0) is 15.0. The Morgan fingerprint density at radius 3 is 2.38 bits per heavy atom. The summed E-state index contributed by atoms with van der Waals surface area (Å²) in [6, 6.07) is 11.8. The SMILES string of the molecule is COc1cc2nc(N)n(-c3ccccc3C)c2cc1OC. The number of imidazole rings is 1. The molecule has 0 saturated carbocycles. The minimum Gasteiger partial charge on any atom is -0.493 e. The predicted octanol–water partition coefficient (Wildman–Crippen LogP) is 2.93. The Bertz CT molecular complexity index is 809. The Balaban J connectivity index is 2.33. The standard InChI is InChI=1S/C16H17N3O2/c1-10-6-4-5-7-12(10)19-13-9-15(21-3)14(20-2)8-11(13)18-16(19)17/h4-9H,1-3H3,(H2,17,18). The highest BCUT2D eigenvalue weighted by Crippen LogP contribution is 2.34. The summed E-state index contributed by atoms with van der Waals surface area (Å²) in [6.45, 7) is 2.04. The molecule has 2 aromatic carbocycles. The fourth-order valence-corrected chi connectivity index (χ4v) is 2.49. The maximum absolute atomic E-state index is 6.11. The third-order valence-electron chi connectivity index (χ3n) is 3.54.